The summed E-state index contributed by atoms with van der Waals surface area (Å²) in [5, 5.41) is 8.83. The number of benzene rings is 1. The van der Waals surface area contributed by atoms with E-state index in [4.69, 9.17) is 0 Å². The minimum absolute atomic E-state index is 0.907. The van der Waals surface area contributed by atoms with Crippen LogP contribution in [0.25, 0.3) is 38.9 Å². The van der Waals surface area contributed by atoms with E-state index in [1.165, 1.54) is 16.7 Å². The van der Waals surface area contributed by atoms with E-state index < -0.39 is 0 Å². The smallest absolute Gasteiger partial charge is 0.116 e. The van der Waals surface area contributed by atoms with E-state index in [9.17, 15) is 0 Å². The van der Waals surface area contributed by atoms with Gasteiger partial charge >= 0.3 is 0 Å². The van der Waals surface area contributed by atoms with Gasteiger partial charge in [-0.3, -0.25) is 10.1 Å². The van der Waals surface area contributed by atoms with Crippen molar-refractivity contribution < 1.29 is 0 Å². The predicted octanol–water partition coefficient (Wildman–Crippen LogP) is 5.96. The van der Waals surface area contributed by atoms with Crippen LogP contribution in [-0.4, -0.2) is 45.7 Å². The number of hydrogen-bond donors (Lipinski definition) is 2. The number of nitrogens with one attached hydrogen (secondary N) is 2. The number of allylic oxidation sites excluding steroid dienone is 5. The summed E-state index contributed by atoms with van der Waals surface area (Å²) >= 11 is 0. The van der Waals surface area contributed by atoms with Crippen molar-refractivity contribution in [3.8, 4) is 11.4 Å². The van der Waals surface area contributed by atoms with Gasteiger partial charge in [0, 0.05) is 11.6 Å². The second-order valence-electron chi connectivity index (χ2n) is 8.03. The SMILES string of the molecule is C=C/C(=C\C(=C/C)c1ccc2[nH]nc(-c3cc4ncccc4[nH]3)c2c1)CCCN(C)C. The fourth-order valence-electron chi connectivity index (χ4n) is 3.85. The maximum atomic E-state index is 4.58. The minimum atomic E-state index is 0.907. The third-order valence-electron chi connectivity index (χ3n) is 5.53. The third-order valence-corrected chi connectivity index (χ3v) is 5.53. The first-order valence-corrected chi connectivity index (χ1v) is 10.7. The van der Waals surface area contributed by atoms with Crippen molar-refractivity contribution in [1.82, 2.24) is 25.1 Å². The Kier molecular flexibility index (Phi) is 6.14. The van der Waals surface area contributed by atoms with Crippen molar-refractivity contribution in [2.45, 2.75) is 19.8 Å². The normalized spacial score (nSPS) is 12.9. The van der Waals surface area contributed by atoms with Crippen LogP contribution in [0.1, 0.15) is 25.3 Å². The number of nitrogens with zero attached hydrogens (tertiary/aromatic N) is 3. The van der Waals surface area contributed by atoms with Crippen LogP contribution in [0, 0.1) is 0 Å². The zero-order valence-corrected chi connectivity index (χ0v) is 18.4. The first-order valence-electron chi connectivity index (χ1n) is 10.7. The van der Waals surface area contributed by atoms with Crippen LogP contribution in [-0.2, 0) is 0 Å². The quantitative estimate of drug-likeness (QED) is 0.352. The summed E-state index contributed by atoms with van der Waals surface area (Å²) in [7, 11) is 4.21. The summed E-state index contributed by atoms with van der Waals surface area (Å²) in [6.07, 6.45) is 10.3. The molecule has 5 heteroatoms. The van der Waals surface area contributed by atoms with E-state index in [1.807, 2.05) is 18.2 Å². The van der Waals surface area contributed by atoms with Gasteiger partial charge in [-0.25, -0.2) is 0 Å². The van der Waals surface area contributed by atoms with Gasteiger partial charge in [0.05, 0.1) is 22.2 Å². The van der Waals surface area contributed by atoms with Crippen molar-refractivity contribution in [3.05, 3.63) is 78.5 Å². The van der Waals surface area contributed by atoms with Gasteiger partial charge in [0.15, 0.2) is 0 Å². The van der Waals surface area contributed by atoms with E-state index >= 15 is 0 Å². The van der Waals surface area contributed by atoms with Crippen LogP contribution in [0.2, 0.25) is 0 Å². The van der Waals surface area contributed by atoms with Gasteiger partial charge in [-0.15, -0.1) is 0 Å². The Bertz CT molecular complexity index is 1240. The Morgan fingerprint density at radius 3 is 2.77 bits per heavy atom. The zero-order chi connectivity index (χ0) is 21.8. The van der Waals surface area contributed by atoms with Gasteiger partial charge in [-0.1, -0.05) is 30.9 Å². The Labute approximate surface area is 183 Å². The lowest BCUT2D eigenvalue weighted by molar-refractivity contribution is 0.400. The fourth-order valence-corrected chi connectivity index (χ4v) is 3.85. The number of H-pyrrole nitrogens is 2. The van der Waals surface area contributed by atoms with Gasteiger partial charge in [0.2, 0.25) is 0 Å². The molecule has 4 aromatic rings. The Hall–Kier alpha value is -3.44. The second-order valence-corrected chi connectivity index (χ2v) is 8.03. The van der Waals surface area contributed by atoms with E-state index in [0.29, 0.717) is 0 Å². The molecule has 0 atom stereocenters. The highest BCUT2D eigenvalue weighted by molar-refractivity contribution is 5.97. The molecule has 1 aromatic carbocycles. The number of pyridine rings is 1. The molecular formula is C26H29N5. The first-order chi connectivity index (χ1) is 15.1. The number of aromatic amines is 2. The fraction of sp³-hybridized carbons (Fsp3) is 0.231. The summed E-state index contributed by atoms with van der Waals surface area (Å²) in [6.45, 7) is 7.17. The highest BCUT2D eigenvalue weighted by atomic mass is 15.1. The lowest BCUT2D eigenvalue weighted by Gasteiger charge is -2.10. The lowest BCUT2D eigenvalue weighted by atomic mass is 9.98. The predicted molar refractivity (Wildman–Crippen MR) is 131 cm³/mol. The van der Waals surface area contributed by atoms with Gasteiger partial charge in [0.25, 0.3) is 0 Å². The monoisotopic (exact) mass is 411 g/mol. The molecule has 2 N–H and O–H groups in total. The molecule has 0 aliphatic carbocycles. The summed E-state index contributed by atoms with van der Waals surface area (Å²) in [4.78, 5) is 10.1. The average Bonchev–Trinajstić information content (AvgIpc) is 3.39. The number of aromatic nitrogens is 4. The number of fused-ring (bicyclic) bond motifs is 2. The van der Waals surface area contributed by atoms with Gasteiger partial charge in [0.1, 0.15) is 5.69 Å². The summed E-state index contributed by atoms with van der Waals surface area (Å²) in [5.41, 5.74) is 8.44. The molecule has 158 valence electrons. The number of hydrogen-bond acceptors (Lipinski definition) is 3. The van der Waals surface area contributed by atoms with Crippen molar-refractivity contribution in [2.75, 3.05) is 20.6 Å². The van der Waals surface area contributed by atoms with Crippen LogP contribution in [0.15, 0.2) is 73.0 Å². The average molecular weight is 412 g/mol. The molecule has 0 aliphatic heterocycles. The molecule has 0 saturated heterocycles. The molecule has 3 aromatic heterocycles. The minimum Gasteiger partial charge on any atom is -0.352 e. The van der Waals surface area contributed by atoms with Crippen LogP contribution >= 0.6 is 0 Å². The molecule has 0 aliphatic rings. The molecule has 0 bridgehead atoms. The second kappa shape index (κ2) is 9.14. The molecule has 31 heavy (non-hydrogen) atoms. The van der Waals surface area contributed by atoms with E-state index in [2.05, 4.69) is 89.1 Å². The van der Waals surface area contributed by atoms with E-state index in [-0.39, 0.29) is 0 Å². The Morgan fingerprint density at radius 1 is 1.16 bits per heavy atom. The molecule has 0 saturated carbocycles. The summed E-state index contributed by atoms with van der Waals surface area (Å²) < 4.78 is 0. The van der Waals surface area contributed by atoms with Gasteiger partial charge in [-0.05, 0) is 87.4 Å². The third kappa shape index (κ3) is 4.52. The topological polar surface area (TPSA) is 60.6 Å². The lowest BCUT2D eigenvalue weighted by Crippen LogP contribution is -2.12. The maximum Gasteiger partial charge on any atom is 0.116 e. The van der Waals surface area contributed by atoms with E-state index in [0.717, 1.165) is 52.7 Å². The molecule has 0 amide bonds. The molecule has 0 fully saturated rings. The van der Waals surface area contributed by atoms with Crippen LogP contribution in [0.5, 0.6) is 0 Å². The number of rotatable bonds is 8. The molecule has 4 rings (SSSR count). The Morgan fingerprint density at radius 2 is 2.03 bits per heavy atom. The molecule has 0 radical (unpaired) electrons. The van der Waals surface area contributed by atoms with Gasteiger partial charge in [-0.2, -0.15) is 5.10 Å². The summed E-state index contributed by atoms with van der Waals surface area (Å²) in [6, 6.07) is 12.5. The molecule has 0 unspecified atom stereocenters. The highest BCUT2D eigenvalue weighted by Gasteiger charge is 2.13. The van der Waals surface area contributed by atoms with Crippen molar-refractivity contribution >= 4 is 27.5 Å². The Balaban J connectivity index is 1.68. The van der Waals surface area contributed by atoms with Crippen molar-refractivity contribution in [3.63, 3.8) is 0 Å². The van der Waals surface area contributed by atoms with Crippen LogP contribution < -0.4 is 0 Å². The van der Waals surface area contributed by atoms with Crippen molar-refractivity contribution in [2.24, 2.45) is 0 Å². The van der Waals surface area contributed by atoms with Gasteiger partial charge < -0.3 is 9.88 Å². The van der Waals surface area contributed by atoms with Crippen LogP contribution in [0.3, 0.4) is 0 Å². The zero-order valence-electron chi connectivity index (χ0n) is 18.4. The molecule has 5 nitrogen and oxygen atoms in total. The largest absolute Gasteiger partial charge is 0.352 e. The van der Waals surface area contributed by atoms with Crippen molar-refractivity contribution in [1.29, 1.82) is 0 Å². The van der Waals surface area contributed by atoms with E-state index in [1.54, 1.807) is 6.20 Å². The molecule has 3 heterocycles. The molecular weight excluding hydrogens is 382 g/mol. The maximum absolute atomic E-state index is 4.58. The highest BCUT2D eigenvalue weighted by Crippen LogP contribution is 2.31. The molecule has 0 spiro atoms. The van der Waals surface area contributed by atoms with Crippen LogP contribution in [0.4, 0.5) is 0 Å². The summed E-state index contributed by atoms with van der Waals surface area (Å²) in [5.74, 6) is 0. The first kappa shape index (κ1) is 20.8. The standard InChI is InChI=1S/C26H29N5/c1-5-18(9-8-14-31(3)4)15-19(6-2)20-11-12-22-21(16-20)26(30-29-22)25-17-24-23(28-25)10-7-13-27-24/h5-7,10-13,15-17,28H,1,8-9,14H2,2-4H3,(H,29,30)/b18-15+,19-6+.